The highest BCUT2D eigenvalue weighted by Crippen LogP contribution is 2.44. The van der Waals surface area contributed by atoms with Gasteiger partial charge in [0.1, 0.15) is 31.0 Å². The van der Waals surface area contributed by atoms with Crippen LogP contribution in [0, 0.1) is 11.8 Å². The largest absolute Gasteiger partial charge is 0.478 e. The van der Waals surface area contributed by atoms with Gasteiger partial charge in [-0.15, -0.1) is 0 Å². The molecule has 5 N–H and O–H groups in total. The van der Waals surface area contributed by atoms with Gasteiger partial charge in [-0.2, -0.15) is 0 Å². The average molecular weight is 504 g/mol. The van der Waals surface area contributed by atoms with Gasteiger partial charge in [0.15, 0.2) is 6.29 Å². The van der Waals surface area contributed by atoms with Gasteiger partial charge in [0.25, 0.3) is 0 Å². The van der Waals surface area contributed by atoms with E-state index in [2.05, 4.69) is 0 Å². The molecule has 194 valence electrons. The topological polar surface area (TPSA) is 172 Å². The number of carboxylic acids is 1. The lowest BCUT2D eigenvalue weighted by Crippen LogP contribution is -2.60. The second kappa shape index (κ2) is 11.3. The van der Waals surface area contributed by atoms with Crippen molar-refractivity contribution in [1.29, 1.82) is 0 Å². The zero-order valence-corrected chi connectivity index (χ0v) is 19.1. The van der Waals surface area contributed by atoms with E-state index in [4.69, 9.17) is 18.9 Å². The number of ether oxygens (including phenoxy) is 4. The summed E-state index contributed by atoms with van der Waals surface area (Å²) in [5.74, 6) is -3.02. The average Bonchev–Trinajstić information content (AvgIpc) is 3.31. The molecule has 2 aliphatic heterocycles. The third-order valence-corrected chi connectivity index (χ3v) is 6.47. The van der Waals surface area contributed by atoms with Crippen molar-refractivity contribution in [2.24, 2.45) is 11.8 Å². The van der Waals surface area contributed by atoms with Gasteiger partial charge in [-0.25, -0.2) is 9.59 Å². The lowest BCUT2D eigenvalue weighted by Gasteiger charge is -2.42. The molecular weight excluding hydrogens is 476 g/mol. The van der Waals surface area contributed by atoms with Gasteiger partial charge in [0.2, 0.25) is 6.29 Å². The molecule has 11 heteroatoms. The predicted molar refractivity (Wildman–Crippen MR) is 122 cm³/mol. The molecule has 1 aliphatic carbocycles. The Bertz CT molecular complexity index is 1030. The van der Waals surface area contributed by atoms with Crippen LogP contribution in [0.1, 0.15) is 12.0 Å². The number of carbonyl (C=O) groups excluding carboxylic acids is 1. The van der Waals surface area contributed by atoms with Gasteiger partial charge in [-0.05, 0) is 23.6 Å². The van der Waals surface area contributed by atoms with Gasteiger partial charge >= 0.3 is 11.9 Å². The van der Waals surface area contributed by atoms with Crippen LogP contribution < -0.4 is 0 Å². The number of aliphatic hydroxyl groups excluding tert-OH is 4. The van der Waals surface area contributed by atoms with Crippen molar-refractivity contribution in [1.82, 2.24) is 0 Å². The van der Waals surface area contributed by atoms with E-state index in [-0.39, 0.29) is 12.2 Å². The van der Waals surface area contributed by atoms with E-state index in [1.54, 1.807) is 12.2 Å². The second-order valence-corrected chi connectivity index (χ2v) is 8.71. The van der Waals surface area contributed by atoms with E-state index in [1.165, 1.54) is 6.08 Å². The first-order chi connectivity index (χ1) is 17.3. The maximum absolute atomic E-state index is 12.3. The van der Waals surface area contributed by atoms with Crippen molar-refractivity contribution in [2.75, 3.05) is 13.2 Å². The van der Waals surface area contributed by atoms with Gasteiger partial charge in [0, 0.05) is 12.0 Å². The highest BCUT2D eigenvalue weighted by atomic mass is 16.8. The van der Waals surface area contributed by atoms with Crippen LogP contribution in [0.3, 0.4) is 0 Å². The number of rotatable bonds is 8. The molecule has 8 atom stereocenters. The molecular formula is C25H28O11. The lowest BCUT2D eigenvalue weighted by atomic mass is 9.83. The Morgan fingerprint density at radius 1 is 1.06 bits per heavy atom. The summed E-state index contributed by atoms with van der Waals surface area (Å²) in [5, 5.41) is 49.4. The van der Waals surface area contributed by atoms with Crippen LogP contribution >= 0.6 is 0 Å². The van der Waals surface area contributed by atoms with Crippen LogP contribution in [0.25, 0.3) is 6.08 Å². The lowest BCUT2D eigenvalue weighted by molar-refractivity contribution is -0.339. The van der Waals surface area contributed by atoms with E-state index in [1.807, 2.05) is 30.3 Å². The van der Waals surface area contributed by atoms with Gasteiger partial charge in [0.05, 0.1) is 24.4 Å². The summed E-state index contributed by atoms with van der Waals surface area (Å²) in [6, 6.07) is 9.18. The SMILES string of the molecule is O=C(C=Cc1ccccc1)OCC1=CC[C@H]2C(C(=O)O)=CO[C@@H](O[C@H]3O[C@H](CO)[C@@H](O)[C@H](O)[C@H]3O)[C@H]12. The van der Waals surface area contributed by atoms with Crippen LogP contribution in [0.15, 0.2) is 59.9 Å². The first-order valence-corrected chi connectivity index (χ1v) is 11.4. The predicted octanol–water partition coefficient (Wildman–Crippen LogP) is -0.0532. The second-order valence-electron chi connectivity index (χ2n) is 8.71. The molecule has 1 aromatic rings. The number of hydrogen-bond donors (Lipinski definition) is 5. The highest BCUT2D eigenvalue weighted by molar-refractivity contribution is 5.88. The molecule has 1 saturated heterocycles. The number of esters is 1. The maximum Gasteiger partial charge on any atom is 0.335 e. The summed E-state index contributed by atoms with van der Waals surface area (Å²) >= 11 is 0. The Morgan fingerprint density at radius 3 is 2.50 bits per heavy atom. The fourth-order valence-corrected chi connectivity index (χ4v) is 4.54. The number of carbonyl (C=O) groups is 2. The molecule has 0 aromatic heterocycles. The van der Waals surface area contributed by atoms with E-state index in [0.717, 1.165) is 11.8 Å². The smallest absolute Gasteiger partial charge is 0.335 e. The van der Waals surface area contributed by atoms with Crippen molar-refractivity contribution in [3.05, 3.63) is 65.5 Å². The Kier molecular flexibility index (Phi) is 8.19. The van der Waals surface area contributed by atoms with Crippen molar-refractivity contribution < 1.29 is 54.1 Å². The quantitative estimate of drug-likeness (QED) is 0.182. The first-order valence-electron chi connectivity index (χ1n) is 11.4. The summed E-state index contributed by atoms with van der Waals surface area (Å²) < 4.78 is 22.1. The number of aliphatic hydroxyl groups is 4. The Balaban J connectivity index is 1.46. The van der Waals surface area contributed by atoms with E-state index in [0.29, 0.717) is 12.0 Å². The molecule has 0 bridgehead atoms. The summed E-state index contributed by atoms with van der Waals surface area (Å²) in [6.45, 7) is -0.785. The van der Waals surface area contributed by atoms with Gasteiger partial charge < -0.3 is 44.5 Å². The zero-order valence-electron chi connectivity index (χ0n) is 19.1. The summed E-state index contributed by atoms with van der Waals surface area (Å²) in [6.07, 6.45) is -2.68. The molecule has 1 fully saturated rings. The van der Waals surface area contributed by atoms with E-state index in [9.17, 15) is 35.1 Å². The Morgan fingerprint density at radius 2 is 1.81 bits per heavy atom. The van der Waals surface area contributed by atoms with Crippen molar-refractivity contribution in [3.63, 3.8) is 0 Å². The molecule has 0 radical (unpaired) electrons. The number of carboxylic acid groups (broad SMARTS) is 1. The normalized spacial score (nSPS) is 33.9. The molecule has 4 rings (SSSR count). The number of fused-ring (bicyclic) bond motifs is 1. The zero-order chi connectivity index (χ0) is 25.8. The van der Waals surface area contributed by atoms with Crippen molar-refractivity contribution in [3.8, 4) is 0 Å². The summed E-state index contributed by atoms with van der Waals surface area (Å²) in [4.78, 5) is 24.0. The fourth-order valence-electron chi connectivity index (χ4n) is 4.54. The monoisotopic (exact) mass is 504 g/mol. The number of aliphatic carboxylic acids is 1. The first kappa shape index (κ1) is 26.0. The Hall–Kier alpha value is -3.06. The van der Waals surface area contributed by atoms with Crippen LogP contribution in [-0.4, -0.2) is 87.7 Å². The van der Waals surface area contributed by atoms with Crippen molar-refractivity contribution in [2.45, 2.75) is 43.4 Å². The number of hydrogen-bond acceptors (Lipinski definition) is 10. The van der Waals surface area contributed by atoms with Crippen LogP contribution in [0.5, 0.6) is 0 Å². The Labute approximate surface area is 206 Å². The summed E-state index contributed by atoms with van der Waals surface area (Å²) in [5.41, 5.74) is 1.39. The van der Waals surface area contributed by atoms with E-state index < -0.39 is 67.4 Å². The van der Waals surface area contributed by atoms with Crippen LogP contribution in [-0.2, 0) is 28.5 Å². The molecule has 0 unspecified atom stereocenters. The molecule has 2 heterocycles. The molecule has 11 nitrogen and oxygen atoms in total. The number of allylic oxidation sites excluding steroid dienone is 1. The van der Waals surface area contributed by atoms with Crippen molar-refractivity contribution >= 4 is 18.0 Å². The number of benzene rings is 1. The fraction of sp³-hybridized carbons (Fsp3) is 0.440. The standard InChI is InChI=1S/C25H28O11/c26-10-17-20(28)21(29)22(30)25(35-17)36-24-19-14(7-8-15(19)16(12-34-24)23(31)32)11-33-18(27)9-6-13-4-2-1-3-5-13/h1-7,9,12,15,17,19-22,24-26,28-30H,8,10-11H2,(H,31,32)/t15-,17+,19+,20+,21-,22+,24-,25+/m0/s1. The molecule has 0 saturated carbocycles. The van der Waals surface area contributed by atoms with E-state index >= 15 is 0 Å². The molecule has 1 aromatic carbocycles. The van der Waals surface area contributed by atoms with Crippen LogP contribution in [0.2, 0.25) is 0 Å². The molecule has 0 spiro atoms. The van der Waals surface area contributed by atoms with Crippen LogP contribution in [0.4, 0.5) is 0 Å². The minimum Gasteiger partial charge on any atom is -0.478 e. The highest BCUT2D eigenvalue weighted by Gasteiger charge is 2.49. The minimum atomic E-state index is -1.66. The third kappa shape index (κ3) is 5.51. The van der Waals surface area contributed by atoms with Gasteiger partial charge in [-0.1, -0.05) is 36.4 Å². The third-order valence-electron chi connectivity index (χ3n) is 6.47. The minimum absolute atomic E-state index is 0.00945. The molecule has 3 aliphatic rings. The van der Waals surface area contributed by atoms with Gasteiger partial charge in [-0.3, -0.25) is 0 Å². The maximum atomic E-state index is 12.3. The molecule has 36 heavy (non-hydrogen) atoms. The summed E-state index contributed by atoms with van der Waals surface area (Å²) in [7, 11) is 0. The molecule has 0 amide bonds.